The van der Waals surface area contributed by atoms with Crippen molar-refractivity contribution in [2.75, 3.05) is 0 Å². The van der Waals surface area contributed by atoms with Crippen molar-refractivity contribution < 1.29 is 4.79 Å². The summed E-state index contributed by atoms with van der Waals surface area (Å²) in [7, 11) is 0. The second-order valence-corrected chi connectivity index (χ2v) is 6.18. The van der Waals surface area contributed by atoms with Crippen LogP contribution in [0.15, 0.2) is 11.0 Å². The zero-order valence-electron chi connectivity index (χ0n) is 12.2. The maximum absolute atomic E-state index is 12.4. The number of thiazole rings is 1. The monoisotopic (exact) mass is 293 g/mol. The second-order valence-electron chi connectivity index (χ2n) is 5.00. The van der Waals surface area contributed by atoms with E-state index in [9.17, 15) is 9.59 Å². The fourth-order valence-corrected chi connectivity index (χ4v) is 3.07. The molecule has 0 bridgehead atoms. The highest BCUT2D eigenvalue weighted by Gasteiger charge is 2.17. The van der Waals surface area contributed by atoms with Gasteiger partial charge in [0.1, 0.15) is 5.56 Å². The van der Waals surface area contributed by atoms with Crippen LogP contribution in [0.4, 0.5) is 0 Å². The maximum atomic E-state index is 12.4. The number of nitrogens with one attached hydrogen (secondary N) is 1. The van der Waals surface area contributed by atoms with Crippen molar-refractivity contribution in [1.29, 1.82) is 0 Å². The molecular formula is C14H19N3O2S. The lowest BCUT2D eigenvalue weighted by Gasteiger charge is -2.12. The molecule has 0 saturated heterocycles. The lowest BCUT2D eigenvalue weighted by atomic mass is 10.2. The zero-order chi connectivity index (χ0) is 14.9. The Balaban J connectivity index is 2.40. The summed E-state index contributed by atoms with van der Waals surface area (Å²) in [6.45, 7) is 7.80. The first-order valence-electron chi connectivity index (χ1n) is 6.74. The number of hydrogen-bond donors (Lipinski definition) is 1. The van der Waals surface area contributed by atoms with Gasteiger partial charge in [0, 0.05) is 22.8 Å². The molecule has 2 aromatic heterocycles. The Hall–Kier alpha value is -1.69. The van der Waals surface area contributed by atoms with Gasteiger partial charge in [-0.2, -0.15) is 0 Å². The first-order valence-corrected chi connectivity index (χ1v) is 7.56. The summed E-state index contributed by atoms with van der Waals surface area (Å²) in [6.07, 6.45) is 3.25. The van der Waals surface area contributed by atoms with Crippen LogP contribution in [0.1, 0.15) is 47.6 Å². The summed E-state index contributed by atoms with van der Waals surface area (Å²) in [5.74, 6) is -0.346. The predicted octanol–water partition coefficient (Wildman–Crippen LogP) is 2.29. The summed E-state index contributed by atoms with van der Waals surface area (Å²) in [5.41, 5.74) is 0.656. The first-order chi connectivity index (χ1) is 9.45. The fourth-order valence-electron chi connectivity index (χ4n) is 2.14. The van der Waals surface area contributed by atoms with E-state index >= 15 is 0 Å². The van der Waals surface area contributed by atoms with Crippen LogP contribution in [0, 0.1) is 13.8 Å². The molecule has 0 saturated carbocycles. The van der Waals surface area contributed by atoms with Gasteiger partial charge < -0.3 is 5.32 Å². The predicted molar refractivity (Wildman–Crippen MR) is 80.6 cm³/mol. The Morgan fingerprint density at radius 1 is 1.50 bits per heavy atom. The van der Waals surface area contributed by atoms with E-state index in [1.165, 1.54) is 21.9 Å². The smallest absolute Gasteiger partial charge is 0.271 e. The molecule has 1 N–H and O–H groups in total. The summed E-state index contributed by atoms with van der Waals surface area (Å²) >= 11 is 1.46. The van der Waals surface area contributed by atoms with Gasteiger partial charge in [0.2, 0.25) is 0 Å². The van der Waals surface area contributed by atoms with Crippen molar-refractivity contribution in [2.24, 2.45) is 0 Å². The normalized spacial score (nSPS) is 12.6. The van der Waals surface area contributed by atoms with Gasteiger partial charge in [0.25, 0.3) is 11.5 Å². The quantitative estimate of drug-likeness (QED) is 0.940. The molecule has 1 atom stereocenters. The van der Waals surface area contributed by atoms with Gasteiger partial charge in [-0.05, 0) is 27.2 Å². The van der Waals surface area contributed by atoms with Gasteiger partial charge in [-0.1, -0.05) is 13.3 Å². The number of amides is 1. The summed E-state index contributed by atoms with van der Waals surface area (Å²) in [6, 6.07) is 0.0536. The van der Waals surface area contributed by atoms with Crippen molar-refractivity contribution in [3.05, 3.63) is 32.7 Å². The Labute approximate surface area is 121 Å². The number of carbonyl (C=O) groups excluding carboxylic acids is 1. The molecule has 0 radical (unpaired) electrons. The van der Waals surface area contributed by atoms with Crippen molar-refractivity contribution in [1.82, 2.24) is 14.7 Å². The molecule has 0 aromatic carbocycles. The van der Waals surface area contributed by atoms with E-state index in [2.05, 4.69) is 17.2 Å². The minimum Gasteiger partial charge on any atom is -0.349 e. The molecule has 0 fully saturated rings. The van der Waals surface area contributed by atoms with Crippen molar-refractivity contribution >= 4 is 22.2 Å². The topological polar surface area (TPSA) is 63.5 Å². The van der Waals surface area contributed by atoms with E-state index in [1.54, 1.807) is 0 Å². The molecule has 2 heterocycles. The molecule has 0 spiro atoms. The van der Waals surface area contributed by atoms with Crippen molar-refractivity contribution in [3.63, 3.8) is 0 Å². The molecule has 6 heteroatoms. The van der Waals surface area contributed by atoms with Crippen molar-refractivity contribution in [3.8, 4) is 0 Å². The number of carbonyl (C=O) groups is 1. The van der Waals surface area contributed by atoms with Crippen LogP contribution in [0.2, 0.25) is 0 Å². The molecule has 0 aliphatic carbocycles. The lowest BCUT2D eigenvalue weighted by Crippen LogP contribution is -2.36. The second kappa shape index (κ2) is 5.75. The standard InChI is InChI=1S/C14H19N3O2S/c1-5-6-8(2)16-12(18)11-7-15-14-17(13(11)19)9(3)10(4)20-14/h7-8H,5-6H2,1-4H3,(H,16,18)/t8-/m1/s1. The molecule has 0 aliphatic heterocycles. The van der Waals surface area contributed by atoms with E-state index in [0.29, 0.717) is 4.96 Å². The molecule has 0 aliphatic rings. The van der Waals surface area contributed by atoms with Crippen LogP contribution >= 0.6 is 11.3 Å². The first kappa shape index (κ1) is 14.7. The molecule has 0 unspecified atom stereocenters. The van der Waals surface area contributed by atoms with Crippen LogP contribution < -0.4 is 10.9 Å². The van der Waals surface area contributed by atoms with E-state index in [-0.39, 0.29) is 23.1 Å². The van der Waals surface area contributed by atoms with Gasteiger partial charge in [0.05, 0.1) is 0 Å². The Kier molecular flexibility index (Phi) is 4.23. The third kappa shape index (κ3) is 2.60. The average Bonchev–Trinajstić information content (AvgIpc) is 2.66. The Bertz CT molecular complexity index is 702. The van der Waals surface area contributed by atoms with Gasteiger partial charge in [0.15, 0.2) is 4.96 Å². The minimum atomic E-state index is -0.346. The average molecular weight is 293 g/mol. The number of fused-ring (bicyclic) bond motifs is 1. The van der Waals surface area contributed by atoms with E-state index < -0.39 is 0 Å². The van der Waals surface area contributed by atoms with Gasteiger partial charge >= 0.3 is 0 Å². The number of rotatable bonds is 4. The lowest BCUT2D eigenvalue weighted by molar-refractivity contribution is 0.0936. The Morgan fingerprint density at radius 3 is 2.85 bits per heavy atom. The largest absolute Gasteiger partial charge is 0.349 e. The minimum absolute atomic E-state index is 0.0536. The third-order valence-electron chi connectivity index (χ3n) is 3.36. The zero-order valence-corrected chi connectivity index (χ0v) is 13.0. The SMILES string of the molecule is CCC[C@@H](C)NC(=O)c1cnc2sc(C)c(C)n2c1=O. The molecule has 5 nitrogen and oxygen atoms in total. The van der Waals surface area contributed by atoms with Crippen molar-refractivity contribution in [2.45, 2.75) is 46.6 Å². The molecule has 2 aromatic rings. The van der Waals surface area contributed by atoms with Crippen LogP contribution in [0.5, 0.6) is 0 Å². The molecule has 2 rings (SSSR count). The maximum Gasteiger partial charge on any atom is 0.271 e. The number of nitrogens with zero attached hydrogens (tertiary/aromatic N) is 2. The number of aryl methyl sites for hydroxylation is 2. The summed E-state index contributed by atoms with van der Waals surface area (Å²) in [5, 5.41) is 2.84. The number of hydrogen-bond acceptors (Lipinski definition) is 4. The molecule has 1 amide bonds. The van der Waals surface area contributed by atoms with Gasteiger partial charge in [-0.15, -0.1) is 11.3 Å². The molecule has 20 heavy (non-hydrogen) atoms. The molecular weight excluding hydrogens is 274 g/mol. The van der Waals surface area contributed by atoms with Gasteiger partial charge in [-0.25, -0.2) is 4.98 Å². The van der Waals surface area contributed by atoms with Crippen LogP contribution in [-0.4, -0.2) is 21.3 Å². The van der Waals surface area contributed by atoms with Crippen LogP contribution in [0.25, 0.3) is 4.96 Å². The summed E-state index contributed by atoms with van der Waals surface area (Å²) < 4.78 is 1.51. The third-order valence-corrected chi connectivity index (χ3v) is 4.43. The fraction of sp³-hybridized carbons (Fsp3) is 0.500. The van der Waals surface area contributed by atoms with Crippen LogP contribution in [0.3, 0.4) is 0 Å². The van der Waals surface area contributed by atoms with E-state index in [0.717, 1.165) is 23.4 Å². The van der Waals surface area contributed by atoms with Gasteiger partial charge in [-0.3, -0.25) is 14.0 Å². The van der Waals surface area contributed by atoms with E-state index in [1.807, 2.05) is 20.8 Å². The van der Waals surface area contributed by atoms with Crippen LogP contribution in [-0.2, 0) is 0 Å². The molecule has 108 valence electrons. The number of aromatic nitrogens is 2. The Morgan fingerprint density at radius 2 is 2.20 bits per heavy atom. The summed E-state index contributed by atoms with van der Waals surface area (Å²) in [4.78, 5) is 30.4. The highest BCUT2D eigenvalue weighted by Crippen LogP contribution is 2.18. The highest BCUT2D eigenvalue weighted by molar-refractivity contribution is 7.17. The van der Waals surface area contributed by atoms with E-state index in [4.69, 9.17) is 0 Å². The highest BCUT2D eigenvalue weighted by atomic mass is 32.1.